The van der Waals surface area contributed by atoms with Crippen LogP contribution >= 0.6 is 11.8 Å². The minimum Gasteiger partial charge on any atom is -0.481 e. The third-order valence-corrected chi connectivity index (χ3v) is 5.90. The molecule has 1 heterocycles. The molecule has 0 spiro atoms. The van der Waals surface area contributed by atoms with Gasteiger partial charge in [0.05, 0.1) is 5.75 Å². The molecule has 122 valence electrons. The van der Waals surface area contributed by atoms with Crippen LogP contribution in [0.15, 0.2) is 0 Å². The van der Waals surface area contributed by atoms with Crippen molar-refractivity contribution >= 4 is 33.7 Å². The summed E-state index contributed by atoms with van der Waals surface area (Å²) in [5, 5.41) is 11.0. The fourth-order valence-corrected chi connectivity index (χ4v) is 4.41. The van der Waals surface area contributed by atoms with E-state index in [-0.39, 0.29) is 31.0 Å². The number of carbonyl (C=O) groups is 2. The maximum atomic E-state index is 12.0. The van der Waals surface area contributed by atoms with Gasteiger partial charge in [-0.25, -0.2) is 12.7 Å². The first-order valence-corrected chi connectivity index (χ1v) is 9.72. The Hall–Kier alpha value is -0.800. The highest BCUT2D eigenvalue weighted by molar-refractivity contribution is 7.99. The van der Waals surface area contributed by atoms with Crippen LogP contribution in [0.3, 0.4) is 0 Å². The van der Waals surface area contributed by atoms with Crippen molar-refractivity contribution in [2.45, 2.75) is 25.7 Å². The van der Waals surface area contributed by atoms with Gasteiger partial charge in [-0.15, -0.1) is 0 Å². The summed E-state index contributed by atoms with van der Waals surface area (Å²) in [7, 11) is -3.29. The van der Waals surface area contributed by atoms with Crippen molar-refractivity contribution in [3.05, 3.63) is 0 Å². The smallest absolute Gasteiger partial charge is 0.303 e. The summed E-state index contributed by atoms with van der Waals surface area (Å²) in [4.78, 5) is 21.8. The van der Waals surface area contributed by atoms with Crippen LogP contribution in [0.4, 0.5) is 0 Å². The number of carboxylic acids is 1. The molecule has 1 aliphatic heterocycles. The van der Waals surface area contributed by atoms with E-state index in [0.29, 0.717) is 25.9 Å². The van der Waals surface area contributed by atoms with Crippen molar-refractivity contribution in [1.82, 2.24) is 9.62 Å². The van der Waals surface area contributed by atoms with Gasteiger partial charge in [-0.1, -0.05) is 0 Å². The number of hydrogen-bond donors (Lipinski definition) is 2. The maximum absolute atomic E-state index is 12.0. The Morgan fingerprint density at radius 2 is 1.76 bits per heavy atom. The van der Waals surface area contributed by atoms with Crippen LogP contribution in [0.2, 0.25) is 0 Å². The lowest BCUT2D eigenvalue weighted by Crippen LogP contribution is -2.41. The molecule has 0 unspecified atom stereocenters. The van der Waals surface area contributed by atoms with Gasteiger partial charge >= 0.3 is 5.97 Å². The Kier molecular flexibility index (Phi) is 8.05. The molecular weight excluding hydrogens is 316 g/mol. The number of aliphatic carboxylic acids is 1. The van der Waals surface area contributed by atoms with E-state index in [1.165, 1.54) is 4.31 Å². The second-order valence-corrected chi connectivity index (χ2v) is 8.09. The van der Waals surface area contributed by atoms with Crippen molar-refractivity contribution < 1.29 is 23.1 Å². The second kappa shape index (κ2) is 9.26. The molecule has 0 atom stereocenters. The third kappa shape index (κ3) is 7.68. The highest BCUT2D eigenvalue weighted by Crippen LogP contribution is 2.13. The monoisotopic (exact) mass is 338 g/mol. The van der Waals surface area contributed by atoms with Gasteiger partial charge in [0.15, 0.2) is 0 Å². The highest BCUT2D eigenvalue weighted by atomic mass is 32.2. The van der Waals surface area contributed by atoms with E-state index < -0.39 is 16.0 Å². The Bertz CT molecular complexity index is 447. The molecule has 21 heavy (non-hydrogen) atoms. The summed E-state index contributed by atoms with van der Waals surface area (Å²) in [6.07, 6.45) is 1.23. The molecule has 1 amide bonds. The van der Waals surface area contributed by atoms with Gasteiger partial charge in [-0.2, -0.15) is 11.8 Å². The number of amides is 1. The number of carbonyl (C=O) groups excluding carboxylic acids is 1. The summed E-state index contributed by atoms with van der Waals surface area (Å²) < 4.78 is 25.5. The average molecular weight is 338 g/mol. The van der Waals surface area contributed by atoms with E-state index in [1.54, 1.807) is 11.8 Å². The molecule has 0 saturated carbocycles. The largest absolute Gasteiger partial charge is 0.481 e. The van der Waals surface area contributed by atoms with Gasteiger partial charge in [0.1, 0.15) is 0 Å². The first-order valence-electron chi connectivity index (χ1n) is 6.96. The van der Waals surface area contributed by atoms with Crippen LogP contribution in [0, 0.1) is 0 Å². The number of thioether (sulfide) groups is 1. The zero-order valence-corrected chi connectivity index (χ0v) is 13.5. The van der Waals surface area contributed by atoms with Crippen molar-refractivity contribution in [1.29, 1.82) is 0 Å². The van der Waals surface area contributed by atoms with Crippen LogP contribution in [-0.2, 0) is 19.6 Å². The van der Waals surface area contributed by atoms with Crippen LogP contribution in [0.25, 0.3) is 0 Å². The molecule has 9 heteroatoms. The van der Waals surface area contributed by atoms with Crippen molar-refractivity contribution in [2.75, 3.05) is 36.9 Å². The maximum Gasteiger partial charge on any atom is 0.303 e. The molecule has 0 aromatic carbocycles. The molecule has 0 radical (unpaired) electrons. The minimum atomic E-state index is -3.29. The first-order chi connectivity index (χ1) is 9.92. The topological polar surface area (TPSA) is 104 Å². The number of rotatable bonds is 9. The van der Waals surface area contributed by atoms with E-state index in [2.05, 4.69) is 5.32 Å². The van der Waals surface area contributed by atoms with Crippen molar-refractivity contribution in [2.24, 2.45) is 0 Å². The summed E-state index contributed by atoms with van der Waals surface area (Å²) in [6.45, 7) is 1.18. The molecule has 0 bridgehead atoms. The predicted octanol–water partition coefficient (Wildman–Crippen LogP) is 0.126. The molecule has 1 fully saturated rings. The Labute approximate surface area is 129 Å². The molecule has 1 saturated heterocycles. The lowest BCUT2D eigenvalue weighted by atomic mass is 10.2. The molecule has 2 N–H and O–H groups in total. The van der Waals surface area contributed by atoms with Crippen LogP contribution in [0.5, 0.6) is 0 Å². The van der Waals surface area contributed by atoms with Crippen molar-refractivity contribution in [3.63, 3.8) is 0 Å². The number of sulfonamides is 1. The zero-order chi connectivity index (χ0) is 15.7. The lowest BCUT2D eigenvalue weighted by Gasteiger charge is -2.25. The number of carboxylic acid groups (broad SMARTS) is 1. The molecule has 0 aromatic heterocycles. The van der Waals surface area contributed by atoms with Gasteiger partial charge < -0.3 is 10.4 Å². The average Bonchev–Trinajstić information content (AvgIpc) is 2.44. The number of hydrogen-bond acceptors (Lipinski definition) is 5. The number of nitrogens with one attached hydrogen (secondary N) is 1. The van der Waals surface area contributed by atoms with Gasteiger partial charge in [0, 0.05) is 44.0 Å². The molecule has 0 aromatic rings. The van der Waals surface area contributed by atoms with Crippen LogP contribution in [0.1, 0.15) is 25.7 Å². The highest BCUT2D eigenvalue weighted by Gasteiger charge is 2.23. The Balaban J connectivity index is 2.16. The van der Waals surface area contributed by atoms with Gasteiger partial charge in [0.2, 0.25) is 15.9 Å². The molecule has 1 rings (SSSR count). The van der Waals surface area contributed by atoms with Crippen molar-refractivity contribution in [3.8, 4) is 0 Å². The normalized spacial score (nSPS) is 16.6. The van der Waals surface area contributed by atoms with Gasteiger partial charge in [0.25, 0.3) is 0 Å². The number of nitrogens with zero attached hydrogens (tertiary/aromatic N) is 1. The first kappa shape index (κ1) is 18.2. The van der Waals surface area contributed by atoms with E-state index in [1.807, 2.05) is 0 Å². The molecular formula is C12H22N2O5S2. The zero-order valence-electron chi connectivity index (χ0n) is 11.9. The van der Waals surface area contributed by atoms with E-state index in [9.17, 15) is 18.0 Å². The fourth-order valence-electron chi connectivity index (χ4n) is 1.92. The number of unbranched alkanes of at least 4 members (excludes halogenated alkanes) is 1. The van der Waals surface area contributed by atoms with Crippen LogP contribution in [-0.4, -0.2) is 66.6 Å². The quantitative estimate of drug-likeness (QED) is 0.579. The summed E-state index contributed by atoms with van der Waals surface area (Å²) >= 11 is 1.74. The van der Waals surface area contributed by atoms with E-state index >= 15 is 0 Å². The predicted molar refractivity (Wildman–Crippen MR) is 81.8 cm³/mol. The van der Waals surface area contributed by atoms with Gasteiger partial charge in [-0.05, 0) is 12.8 Å². The Morgan fingerprint density at radius 3 is 2.38 bits per heavy atom. The SMILES string of the molecule is O=C(O)CCCCC(=O)NCCS(=O)(=O)N1CCSCC1. The summed E-state index contributed by atoms with van der Waals surface area (Å²) in [5.74, 6) is 0.439. The van der Waals surface area contributed by atoms with E-state index in [0.717, 1.165) is 11.5 Å². The molecule has 1 aliphatic rings. The standard InChI is InChI=1S/C12H22N2O5S2/c15-11(3-1-2-4-12(16)17)13-5-10-21(18,19)14-6-8-20-9-7-14/h1-10H2,(H,13,15)(H,16,17). The molecule has 7 nitrogen and oxygen atoms in total. The third-order valence-electron chi connectivity index (χ3n) is 3.09. The van der Waals surface area contributed by atoms with E-state index in [4.69, 9.17) is 5.11 Å². The fraction of sp³-hybridized carbons (Fsp3) is 0.833. The van der Waals surface area contributed by atoms with Gasteiger partial charge in [-0.3, -0.25) is 9.59 Å². The Morgan fingerprint density at radius 1 is 1.14 bits per heavy atom. The molecule has 0 aliphatic carbocycles. The lowest BCUT2D eigenvalue weighted by molar-refractivity contribution is -0.137. The minimum absolute atomic E-state index is 0.0502. The summed E-state index contributed by atoms with van der Waals surface area (Å²) in [6, 6.07) is 0. The summed E-state index contributed by atoms with van der Waals surface area (Å²) in [5.41, 5.74) is 0. The second-order valence-electron chi connectivity index (χ2n) is 4.78. The van der Waals surface area contributed by atoms with Crippen LogP contribution < -0.4 is 5.32 Å².